The number of aryl methyl sites for hydroxylation is 1. The molecule has 0 saturated heterocycles. The average molecular weight is 282 g/mol. The number of anilines is 1. The van der Waals surface area contributed by atoms with Crippen molar-refractivity contribution in [3.05, 3.63) is 57.6 Å². The molecule has 0 spiro atoms. The van der Waals surface area contributed by atoms with Crippen LogP contribution in [0.3, 0.4) is 0 Å². The Labute approximate surface area is 116 Å². The fraction of sp³-hybridized carbons (Fsp3) is 0.143. The van der Waals surface area contributed by atoms with Crippen molar-refractivity contribution >= 4 is 28.9 Å². The summed E-state index contributed by atoms with van der Waals surface area (Å²) in [4.78, 5) is 0. The highest BCUT2D eigenvalue weighted by Gasteiger charge is 2.02. The second kappa shape index (κ2) is 5.51. The highest BCUT2D eigenvalue weighted by molar-refractivity contribution is 6.35. The third-order valence-electron chi connectivity index (χ3n) is 2.69. The normalized spacial score (nSPS) is 10.4. The smallest absolute Gasteiger partial charge is 0.118 e. The van der Waals surface area contributed by atoms with Crippen molar-refractivity contribution in [2.75, 3.05) is 5.32 Å². The van der Waals surface area contributed by atoms with Gasteiger partial charge in [0.15, 0.2) is 0 Å². The topological polar surface area (TPSA) is 32.3 Å². The predicted molar refractivity (Wildman–Crippen MR) is 76.6 cm³/mol. The largest absolute Gasteiger partial charge is 0.508 e. The lowest BCUT2D eigenvalue weighted by molar-refractivity contribution is 0.471. The third-order valence-corrected chi connectivity index (χ3v) is 3.28. The lowest BCUT2D eigenvalue weighted by atomic mass is 10.2. The minimum Gasteiger partial charge on any atom is -0.508 e. The number of phenols is 1. The lowest BCUT2D eigenvalue weighted by Crippen LogP contribution is -2.00. The van der Waals surface area contributed by atoms with Crippen LogP contribution in [0.2, 0.25) is 10.0 Å². The lowest BCUT2D eigenvalue weighted by Gasteiger charge is -2.09. The summed E-state index contributed by atoms with van der Waals surface area (Å²) in [5.41, 5.74) is 2.75. The molecule has 0 radical (unpaired) electrons. The van der Waals surface area contributed by atoms with Gasteiger partial charge < -0.3 is 10.4 Å². The molecule has 18 heavy (non-hydrogen) atoms. The van der Waals surface area contributed by atoms with Gasteiger partial charge in [-0.05, 0) is 48.4 Å². The van der Waals surface area contributed by atoms with Gasteiger partial charge in [0.05, 0.1) is 0 Å². The monoisotopic (exact) mass is 281 g/mol. The molecule has 2 aromatic rings. The first-order chi connectivity index (χ1) is 8.56. The molecule has 0 aliphatic carbocycles. The molecular formula is C14H13Cl2NO. The first-order valence-electron chi connectivity index (χ1n) is 5.53. The van der Waals surface area contributed by atoms with Crippen LogP contribution in [0.25, 0.3) is 0 Å². The third kappa shape index (κ3) is 3.09. The number of hydrogen-bond donors (Lipinski definition) is 2. The zero-order chi connectivity index (χ0) is 13.1. The first-order valence-corrected chi connectivity index (χ1v) is 6.29. The van der Waals surface area contributed by atoms with Gasteiger partial charge in [-0.2, -0.15) is 0 Å². The molecule has 0 aromatic heterocycles. The Morgan fingerprint density at radius 3 is 2.56 bits per heavy atom. The zero-order valence-electron chi connectivity index (χ0n) is 9.87. The van der Waals surface area contributed by atoms with Crippen LogP contribution in [0.5, 0.6) is 5.75 Å². The van der Waals surface area contributed by atoms with Crippen LogP contribution in [0, 0.1) is 6.92 Å². The van der Waals surface area contributed by atoms with E-state index in [-0.39, 0.29) is 0 Å². The first kappa shape index (κ1) is 13.1. The molecule has 94 valence electrons. The van der Waals surface area contributed by atoms with E-state index in [1.54, 1.807) is 12.1 Å². The van der Waals surface area contributed by atoms with E-state index in [2.05, 4.69) is 5.32 Å². The zero-order valence-corrected chi connectivity index (χ0v) is 11.4. The van der Waals surface area contributed by atoms with Gasteiger partial charge in [-0.15, -0.1) is 0 Å². The van der Waals surface area contributed by atoms with Crippen molar-refractivity contribution in [3.63, 3.8) is 0 Å². The van der Waals surface area contributed by atoms with Gasteiger partial charge in [0, 0.05) is 22.3 Å². The van der Waals surface area contributed by atoms with Crippen molar-refractivity contribution in [2.24, 2.45) is 0 Å². The van der Waals surface area contributed by atoms with Crippen molar-refractivity contribution in [3.8, 4) is 5.75 Å². The fourth-order valence-corrected chi connectivity index (χ4v) is 2.10. The van der Waals surface area contributed by atoms with Crippen LogP contribution in [0.15, 0.2) is 36.4 Å². The number of phenolic OH excluding ortho intramolecular Hbond substituents is 1. The van der Waals surface area contributed by atoms with Gasteiger partial charge in [0.25, 0.3) is 0 Å². The van der Waals surface area contributed by atoms with Crippen LogP contribution in [0.4, 0.5) is 5.69 Å². The Balaban J connectivity index is 2.09. The van der Waals surface area contributed by atoms with Crippen molar-refractivity contribution in [1.29, 1.82) is 0 Å². The molecule has 0 saturated carbocycles. The second-order valence-corrected chi connectivity index (χ2v) is 4.93. The van der Waals surface area contributed by atoms with Gasteiger partial charge in [0.2, 0.25) is 0 Å². The highest BCUT2D eigenvalue weighted by atomic mass is 35.5. The number of aromatic hydroxyl groups is 1. The summed E-state index contributed by atoms with van der Waals surface area (Å²) in [6.45, 7) is 2.47. The quantitative estimate of drug-likeness (QED) is 0.805. The van der Waals surface area contributed by atoms with E-state index in [4.69, 9.17) is 23.2 Å². The maximum atomic E-state index is 9.44. The van der Waals surface area contributed by atoms with E-state index < -0.39 is 0 Å². The van der Waals surface area contributed by atoms with E-state index in [0.29, 0.717) is 22.3 Å². The Morgan fingerprint density at radius 1 is 1.11 bits per heavy atom. The van der Waals surface area contributed by atoms with Crippen molar-refractivity contribution in [1.82, 2.24) is 0 Å². The molecule has 0 amide bonds. The summed E-state index contributed by atoms with van der Waals surface area (Å²) in [6.07, 6.45) is 0. The van der Waals surface area contributed by atoms with E-state index in [9.17, 15) is 5.11 Å². The van der Waals surface area contributed by atoms with Crippen LogP contribution < -0.4 is 5.32 Å². The molecule has 2 N–H and O–H groups in total. The van der Waals surface area contributed by atoms with E-state index in [1.807, 2.05) is 31.2 Å². The summed E-state index contributed by atoms with van der Waals surface area (Å²) in [5.74, 6) is 0.296. The number of nitrogens with one attached hydrogen (secondary N) is 1. The Morgan fingerprint density at radius 2 is 1.89 bits per heavy atom. The van der Waals surface area contributed by atoms with Crippen LogP contribution in [-0.4, -0.2) is 5.11 Å². The summed E-state index contributed by atoms with van der Waals surface area (Å²) in [6, 6.07) is 10.8. The Kier molecular flexibility index (Phi) is 4.00. The molecule has 0 aliphatic heterocycles. The fourth-order valence-electron chi connectivity index (χ4n) is 1.63. The number of hydrogen-bond acceptors (Lipinski definition) is 2. The van der Waals surface area contributed by atoms with Crippen molar-refractivity contribution < 1.29 is 5.11 Å². The van der Waals surface area contributed by atoms with E-state index >= 15 is 0 Å². The highest BCUT2D eigenvalue weighted by Crippen LogP contribution is 2.24. The minimum absolute atomic E-state index is 0.296. The van der Waals surface area contributed by atoms with E-state index in [1.165, 1.54) is 0 Å². The summed E-state index contributed by atoms with van der Waals surface area (Å²) in [7, 11) is 0. The Bertz CT molecular complexity index is 570. The van der Waals surface area contributed by atoms with Gasteiger partial charge in [0.1, 0.15) is 5.75 Å². The summed E-state index contributed by atoms with van der Waals surface area (Å²) < 4.78 is 0. The molecule has 4 heteroatoms. The van der Waals surface area contributed by atoms with Crippen molar-refractivity contribution in [2.45, 2.75) is 13.5 Å². The van der Waals surface area contributed by atoms with Crippen LogP contribution in [0.1, 0.15) is 11.1 Å². The van der Waals surface area contributed by atoms with Crippen LogP contribution in [-0.2, 0) is 6.54 Å². The molecule has 0 atom stereocenters. The SMILES string of the molecule is Cc1cc(NCc2ccc(Cl)cc2Cl)ccc1O. The molecule has 0 heterocycles. The van der Waals surface area contributed by atoms with Gasteiger partial charge in [-0.25, -0.2) is 0 Å². The summed E-state index contributed by atoms with van der Waals surface area (Å²) in [5, 5.41) is 14.0. The molecule has 0 aliphatic rings. The predicted octanol–water partition coefficient (Wildman–Crippen LogP) is 4.62. The van der Waals surface area contributed by atoms with Gasteiger partial charge >= 0.3 is 0 Å². The summed E-state index contributed by atoms with van der Waals surface area (Å²) >= 11 is 11.9. The number of halogens is 2. The molecule has 0 fully saturated rings. The van der Waals surface area contributed by atoms with Gasteiger partial charge in [-0.3, -0.25) is 0 Å². The van der Waals surface area contributed by atoms with E-state index in [0.717, 1.165) is 16.8 Å². The standard InChI is InChI=1S/C14H13Cl2NO/c1-9-6-12(4-5-14(9)18)17-8-10-2-3-11(15)7-13(10)16/h2-7,17-18H,8H2,1H3. The molecular weight excluding hydrogens is 269 g/mol. The van der Waals surface area contributed by atoms with Crippen LogP contribution >= 0.6 is 23.2 Å². The maximum Gasteiger partial charge on any atom is 0.118 e. The van der Waals surface area contributed by atoms with Gasteiger partial charge in [-0.1, -0.05) is 29.3 Å². The Hall–Kier alpha value is -1.38. The number of benzene rings is 2. The maximum absolute atomic E-state index is 9.44. The molecule has 2 aromatic carbocycles. The molecule has 0 bridgehead atoms. The molecule has 2 nitrogen and oxygen atoms in total. The second-order valence-electron chi connectivity index (χ2n) is 4.09. The average Bonchev–Trinajstić information content (AvgIpc) is 2.32. The molecule has 0 unspecified atom stereocenters. The molecule has 2 rings (SSSR count). The number of rotatable bonds is 3. The minimum atomic E-state index is 0.296.